The van der Waals surface area contributed by atoms with E-state index in [0.29, 0.717) is 11.8 Å². The van der Waals surface area contributed by atoms with E-state index in [9.17, 15) is 0 Å². The Morgan fingerprint density at radius 2 is 1.14 bits per heavy atom. The van der Waals surface area contributed by atoms with E-state index in [2.05, 4.69) is 154 Å². The first-order valence-electron chi connectivity index (χ1n) is 16.8. The van der Waals surface area contributed by atoms with E-state index in [1.165, 1.54) is 5.39 Å². The van der Waals surface area contributed by atoms with Crippen LogP contribution in [0.1, 0.15) is 17.3 Å². The Labute approximate surface area is 288 Å². The summed E-state index contributed by atoms with van der Waals surface area (Å²) in [4.78, 5) is 15.5. The van der Waals surface area contributed by atoms with E-state index >= 15 is 0 Å². The normalized spacial score (nSPS) is 14.6. The largest absolute Gasteiger partial charge is 0.330 e. The van der Waals surface area contributed by atoms with Crippen LogP contribution in [0.4, 0.5) is 0 Å². The molecule has 236 valence electrons. The minimum Gasteiger partial charge on any atom is -0.330 e. The van der Waals surface area contributed by atoms with Gasteiger partial charge in [0.2, 0.25) is 5.96 Å². The Hall–Kier alpha value is -6.79. The van der Waals surface area contributed by atoms with Crippen LogP contribution in [0.25, 0.3) is 60.6 Å². The molecule has 1 atom stereocenters. The Morgan fingerprint density at radius 1 is 0.520 bits per heavy atom. The van der Waals surface area contributed by atoms with Crippen molar-refractivity contribution in [2.75, 3.05) is 0 Å². The third kappa shape index (κ3) is 4.46. The van der Waals surface area contributed by atoms with Crippen molar-refractivity contribution in [2.24, 2.45) is 9.98 Å². The number of nitrogens with zero attached hydrogens (tertiary/aromatic N) is 5. The lowest BCUT2D eigenvalue weighted by Crippen LogP contribution is -2.37. The topological polar surface area (TPSA) is 59.5 Å². The molecular weight excluding hydrogens is 613 g/mol. The van der Waals surface area contributed by atoms with Gasteiger partial charge in [-0.25, -0.2) is 4.99 Å². The van der Waals surface area contributed by atoms with Gasteiger partial charge in [0.05, 0.1) is 27.8 Å². The fraction of sp³-hybridized carbons (Fsp3) is 0.0227. The molecule has 10 rings (SSSR count). The summed E-state index contributed by atoms with van der Waals surface area (Å²) in [6.07, 6.45) is 1.71. The van der Waals surface area contributed by atoms with Crippen LogP contribution in [0.3, 0.4) is 0 Å². The number of hydrogen-bond acceptors (Lipinski definition) is 4. The van der Waals surface area contributed by atoms with Crippen molar-refractivity contribution in [3.63, 3.8) is 0 Å². The summed E-state index contributed by atoms with van der Waals surface area (Å²) >= 11 is 0. The maximum atomic E-state index is 5.23. The first-order chi connectivity index (χ1) is 24.8. The highest BCUT2D eigenvalue weighted by Crippen LogP contribution is 2.39. The standard InChI is InChI=1S/C44H30N6/c1-4-15-29(16-5-1)42-46-43(30-17-6-2-7-18-30)48-44(47-42)50-39-26-13-10-21-32(39)34-23-14-24-35(41(34)50)37-27-40-36(28-45-37)33-22-11-12-25-38(33)49(40)31-19-8-3-9-20-31/h1-28,42H,(H,46,47,48). The smallest absolute Gasteiger partial charge is 0.211 e. The van der Waals surface area contributed by atoms with Crippen molar-refractivity contribution >= 4 is 55.4 Å². The summed E-state index contributed by atoms with van der Waals surface area (Å²) in [5.74, 6) is 1.40. The number of hydrogen-bond donors (Lipinski definition) is 1. The molecule has 1 aliphatic heterocycles. The SMILES string of the molecule is c1ccc(C2=NC(c3ccccc3)NC(n3c4ccccc4c4cccc(-c5cc6c(cn5)c5ccccc5n6-c5ccccc5)c43)=N2)cc1. The fourth-order valence-corrected chi connectivity index (χ4v) is 7.38. The lowest BCUT2D eigenvalue weighted by atomic mass is 10.1. The van der Waals surface area contributed by atoms with Gasteiger partial charge in [-0.3, -0.25) is 9.55 Å². The van der Waals surface area contributed by atoms with E-state index in [0.717, 1.165) is 66.3 Å². The summed E-state index contributed by atoms with van der Waals surface area (Å²) in [5, 5.41) is 8.29. The maximum Gasteiger partial charge on any atom is 0.211 e. The molecule has 1 N–H and O–H groups in total. The lowest BCUT2D eigenvalue weighted by molar-refractivity contribution is 0.661. The highest BCUT2D eigenvalue weighted by molar-refractivity contribution is 6.20. The predicted molar refractivity (Wildman–Crippen MR) is 205 cm³/mol. The number of pyridine rings is 1. The van der Waals surface area contributed by atoms with Gasteiger partial charge in [0.25, 0.3) is 0 Å². The van der Waals surface area contributed by atoms with Gasteiger partial charge in [-0.2, -0.15) is 4.99 Å². The molecule has 6 heteroatoms. The van der Waals surface area contributed by atoms with Crippen molar-refractivity contribution in [2.45, 2.75) is 6.17 Å². The average molecular weight is 643 g/mol. The lowest BCUT2D eigenvalue weighted by Gasteiger charge is -2.25. The highest BCUT2D eigenvalue weighted by atomic mass is 15.3. The maximum absolute atomic E-state index is 5.23. The summed E-state index contributed by atoms with van der Waals surface area (Å²) < 4.78 is 4.59. The third-order valence-electron chi connectivity index (χ3n) is 9.63. The van der Waals surface area contributed by atoms with E-state index in [1.807, 2.05) is 30.5 Å². The quantitative estimate of drug-likeness (QED) is 0.208. The predicted octanol–water partition coefficient (Wildman–Crippen LogP) is 9.91. The van der Waals surface area contributed by atoms with Crippen molar-refractivity contribution in [1.29, 1.82) is 0 Å². The van der Waals surface area contributed by atoms with Crippen molar-refractivity contribution in [3.05, 3.63) is 181 Å². The van der Waals surface area contributed by atoms with Crippen LogP contribution in [0.2, 0.25) is 0 Å². The molecule has 0 amide bonds. The second kappa shape index (κ2) is 11.4. The second-order valence-electron chi connectivity index (χ2n) is 12.5. The zero-order chi connectivity index (χ0) is 33.0. The highest BCUT2D eigenvalue weighted by Gasteiger charge is 2.26. The van der Waals surface area contributed by atoms with Crippen LogP contribution in [0.5, 0.6) is 0 Å². The van der Waals surface area contributed by atoms with Crippen LogP contribution >= 0.6 is 0 Å². The summed E-state index contributed by atoms with van der Waals surface area (Å²) in [6.45, 7) is 0. The Balaban J connectivity index is 1.24. The van der Waals surface area contributed by atoms with Crippen LogP contribution < -0.4 is 5.32 Å². The number of amidine groups is 1. The number of para-hydroxylation sites is 4. The van der Waals surface area contributed by atoms with Gasteiger partial charge in [0.1, 0.15) is 6.17 Å². The number of nitrogens with one attached hydrogen (secondary N) is 1. The van der Waals surface area contributed by atoms with Gasteiger partial charge < -0.3 is 9.88 Å². The molecule has 0 saturated heterocycles. The van der Waals surface area contributed by atoms with Gasteiger partial charge in [0, 0.05) is 44.6 Å². The average Bonchev–Trinajstić information content (AvgIpc) is 3.71. The van der Waals surface area contributed by atoms with E-state index < -0.39 is 0 Å². The van der Waals surface area contributed by atoms with Crippen molar-refractivity contribution in [3.8, 4) is 16.9 Å². The van der Waals surface area contributed by atoms with E-state index in [4.69, 9.17) is 15.0 Å². The molecule has 1 unspecified atom stereocenters. The molecule has 9 aromatic rings. The summed E-state index contributed by atoms with van der Waals surface area (Å²) in [5.41, 5.74) is 9.42. The van der Waals surface area contributed by atoms with E-state index in [1.54, 1.807) is 0 Å². The minimum atomic E-state index is -0.321. The molecule has 0 saturated carbocycles. The molecule has 3 aromatic heterocycles. The third-order valence-corrected chi connectivity index (χ3v) is 9.63. The van der Waals surface area contributed by atoms with Crippen molar-refractivity contribution < 1.29 is 0 Å². The van der Waals surface area contributed by atoms with Crippen LogP contribution in [0, 0.1) is 0 Å². The number of aromatic nitrogens is 3. The van der Waals surface area contributed by atoms with Gasteiger partial charge in [-0.15, -0.1) is 0 Å². The molecule has 6 nitrogen and oxygen atoms in total. The molecule has 0 fully saturated rings. The molecule has 6 aromatic carbocycles. The molecule has 1 aliphatic rings. The molecule has 4 heterocycles. The van der Waals surface area contributed by atoms with Crippen LogP contribution in [0.15, 0.2) is 180 Å². The number of aliphatic imine (C=N–C) groups is 2. The summed E-state index contributed by atoms with van der Waals surface area (Å²) in [6, 6.07) is 56.9. The first kappa shape index (κ1) is 28.2. The Bertz CT molecular complexity index is 2780. The fourth-order valence-electron chi connectivity index (χ4n) is 7.38. The Morgan fingerprint density at radius 3 is 1.90 bits per heavy atom. The first-order valence-corrected chi connectivity index (χ1v) is 16.8. The van der Waals surface area contributed by atoms with Crippen molar-refractivity contribution in [1.82, 2.24) is 19.4 Å². The monoisotopic (exact) mass is 642 g/mol. The molecule has 0 aliphatic carbocycles. The Kier molecular flexibility index (Phi) is 6.45. The second-order valence-corrected chi connectivity index (χ2v) is 12.5. The molecule has 50 heavy (non-hydrogen) atoms. The van der Waals surface area contributed by atoms with Crippen LogP contribution in [-0.4, -0.2) is 25.9 Å². The van der Waals surface area contributed by atoms with E-state index in [-0.39, 0.29) is 6.17 Å². The minimum absolute atomic E-state index is 0.321. The molecule has 0 spiro atoms. The number of benzene rings is 6. The molecule has 0 radical (unpaired) electrons. The zero-order valence-corrected chi connectivity index (χ0v) is 27.0. The number of rotatable bonds is 4. The van der Waals surface area contributed by atoms with Gasteiger partial charge in [-0.1, -0.05) is 133 Å². The zero-order valence-electron chi connectivity index (χ0n) is 27.0. The number of fused-ring (bicyclic) bond motifs is 6. The summed E-state index contributed by atoms with van der Waals surface area (Å²) in [7, 11) is 0. The van der Waals surface area contributed by atoms with Gasteiger partial charge in [0.15, 0.2) is 5.84 Å². The van der Waals surface area contributed by atoms with Crippen LogP contribution in [-0.2, 0) is 0 Å². The molecule has 0 bridgehead atoms. The van der Waals surface area contributed by atoms with Gasteiger partial charge >= 0.3 is 0 Å². The molecular formula is C44H30N6. The van der Waals surface area contributed by atoms with Gasteiger partial charge in [-0.05, 0) is 35.9 Å².